The van der Waals surface area contributed by atoms with Crippen molar-refractivity contribution in [2.75, 3.05) is 7.11 Å². The molecule has 1 aliphatic carbocycles. The fourth-order valence-electron chi connectivity index (χ4n) is 1.37. The molecule has 0 saturated heterocycles. The van der Waals surface area contributed by atoms with Crippen molar-refractivity contribution in [2.45, 2.75) is 18.9 Å². The second-order valence-electron chi connectivity index (χ2n) is 3.76. The van der Waals surface area contributed by atoms with Gasteiger partial charge < -0.3 is 14.6 Å². The summed E-state index contributed by atoms with van der Waals surface area (Å²) < 4.78 is 10.0. The summed E-state index contributed by atoms with van der Waals surface area (Å²) in [5, 5.41) is 9.75. The van der Waals surface area contributed by atoms with Crippen molar-refractivity contribution in [3.8, 4) is 11.5 Å². The number of carbonyl (C=O) groups is 1. The minimum absolute atomic E-state index is 0.0106. The maximum atomic E-state index is 11.4. The van der Waals surface area contributed by atoms with Gasteiger partial charge in [-0.05, 0) is 25.0 Å². The lowest BCUT2D eigenvalue weighted by Gasteiger charge is -2.10. The first kappa shape index (κ1) is 11.3. The summed E-state index contributed by atoms with van der Waals surface area (Å²) in [5.74, 6) is -0.614. The van der Waals surface area contributed by atoms with E-state index in [-0.39, 0.29) is 28.9 Å². The van der Waals surface area contributed by atoms with Crippen LogP contribution in [0, 0.1) is 6.57 Å². The molecule has 0 bridgehead atoms. The van der Waals surface area contributed by atoms with Crippen molar-refractivity contribution >= 4 is 11.7 Å². The zero-order valence-corrected chi connectivity index (χ0v) is 9.27. The molecule has 1 fully saturated rings. The van der Waals surface area contributed by atoms with Gasteiger partial charge in [0.15, 0.2) is 11.5 Å². The molecule has 1 aromatic carbocycles. The number of phenolic OH excluding ortho intramolecular Hbond substituents is 1. The highest BCUT2D eigenvalue weighted by atomic mass is 16.5. The number of phenols is 1. The zero-order valence-electron chi connectivity index (χ0n) is 9.27. The summed E-state index contributed by atoms with van der Waals surface area (Å²) in [4.78, 5) is 14.5. The minimum atomic E-state index is -0.560. The van der Waals surface area contributed by atoms with Gasteiger partial charge in [0.2, 0.25) is 5.69 Å². The molecule has 2 rings (SSSR count). The van der Waals surface area contributed by atoms with Crippen LogP contribution in [-0.4, -0.2) is 24.3 Å². The number of methoxy groups -OCH3 is 1. The third kappa shape index (κ3) is 2.31. The van der Waals surface area contributed by atoms with E-state index in [2.05, 4.69) is 9.58 Å². The molecule has 0 atom stereocenters. The number of benzene rings is 1. The summed E-state index contributed by atoms with van der Waals surface area (Å²) in [5.41, 5.74) is 0.190. The first-order valence-corrected chi connectivity index (χ1v) is 5.15. The highest BCUT2D eigenvalue weighted by Gasteiger charge is 2.26. The van der Waals surface area contributed by atoms with Crippen LogP contribution >= 0.6 is 0 Å². The van der Waals surface area contributed by atoms with Crippen LogP contribution in [0.4, 0.5) is 5.69 Å². The van der Waals surface area contributed by atoms with Gasteiger partial charge in [0.05, 0.1) is 25.3 Å². The van der Waals surface area contributed by atoms with E-state index in [1.807, 2.05) is 0 Å². The van der Waals surface area contributed by atoms with E-state index in [0.29, 0.717) is 0 Å². The second-order valence-corrected chi connectivity index (χ2v) is 3.76. The second kappa shape index (κ2) is 4.34. The van der Waals surface area contributed by atoms with Crippen LogP contribution in [0.5, 0.6) is 11.5 Å². The molecular formula is C12H11NO4. The Balaban J connectivity index is 2.41. The summed E-state index contributed by atoms with van der Waals surface area (Å²) in [6.07, 6.45) is 1.93. The molecule has 5 nitrogen and oxygen atoms in total. The summed E-state index contributed by atoms with van der Waals surface area (Å²) in [6, 6.07) is 2.68. The molecule has 1 aliphatic rings. The fraction of sp³-hybridized carbons (Fsp3) is 0.333. The fourth-order valence-corrected chi connectivity index (χ4v) is 1.37. The van der Waals surface area contributed by atoms with Crippen LogP contribution in [-0.2, 0) is 4.74 Å². The Kier molecular flexibility index (Phi) is 2.88. The van der Waals surface area contributed by atoms with Gasteiger partial charge in [0.1, 0.15) is 0 Å². The van der Waals surface area contributed by atoms with Crippen molar-refractivity contribution in [1.82, 2.24) is 0 Å². The molecule has 0 spiro atoms. The monoisotopic (exact) mass is 233 g/mol. The molecule has 17 heavy (non-hydrogen) atoms. The Labute approximate surface area is 98.4 Å². The van der Waals surface area contributed by atoms with Crippen molar-refractivity contribution in [3.05, 3.63) is 29.1 Å². The van der Waals surface area contributed by atoms with Crippen molar-refractivity contribution in [3.63, 3.8) is 0 Å². The lowest BCUT2D eigenvalue weighted by Crippen LogP contribution is -2.03. The minimum Gasteiger partial charge on any atom is -0.516 e. The number of esters is 1. The molecule has 1 aromatic rings. The van der Waals surface area contributed by atoms with E-state index in [0.717, 1.165) is 12.8 Å². The van der Waals surface area contributed by atoms with Crippen LogP contribution in [0.15, 0.2) is 12.1 Å². The molecule has 5 heteroatoms. The first-order valence-electron chi connectivity index (χ1n) is 5.15. The first-order chi connectivity index (χ1) is 8.15. The largest absolute Gasteiger partial charge is 0.516 e. The predicted molar refractivity (Wildman–Crippen MR) is 59.4 cm³/mol. The van der Waals surface area contributed by atoms with Gasteiger partial charge in [-0.15, -0.1) is 0 Å². The normalized spacial score (nSPS) is 13.9. The lowest BCUT2D eigenvalue weighted by atomic mass is 10.1. The van der Waals surface area contributed by atoms with Gasteiger partial charge in [-0.1, -0.05) is 0 Å². The zero-order chi connectivity index (χ0) is 12.4. The van der Waals surface area contributed by atoms with Crippen molar-refractivity contribution in [2.24, 2.45) is 0 Å². The van der Waals surface area contributed by atoms with Gasteiger partial charge in [0, 0.05) is 0 Å². The number of hydrogen-bond donors (Lipinski definition) is 1. The van der Waals surface area contributed by atoms with E-state index >= 15 is 0 Å². The Morgan fingerprint density at radius 1 is 1.53 bits per heavy atom. The SMILES string of the molecule is [C-]#[N+]c1cc(C(=O)OC)cc(OC2CC2)c1O. The molecular weight excluding hydrogens is 222 g/mol. The van der Waals surface area contributed by atoms with E-state index in [1.54, 1.807) is 0 Å². The van der Waals surface area contributed by atoms with Gasteiger partial charge >= 0.3 is 5.97 Å². The molecule has 0 aromatic heterocycles. The quantitative estimate of drug-likeness (QED) is 0.642. The average molecular weight is 233 g/mol. The standard InChI is InChI=1S/C12H11NO4/c1-13-9-5-7(12(15)16-2)6-10(11(9)14)17-8-3-4-8/h5-6,8,14H,3-4H2,2H3. The summed E-state index contributed by atoms with van der Waals surface area (Å²) in [6.45, 7) is 6.93. The number of aromatic hydroxyl groups is 1. The topological polar surface area (TPSA) is 60.1 Å². The van der Waals surface area contributed by atoms with E-state index < -0.39 is 5.97 Å². The van der Waals surface area contributed by atoms with E-state index in [9.17, 15) is 9.90 Å². The number of carbonyl (C=O) groups excluding carboxylic acids is 1. The Hall–Kier alpha value is -2.22. The van der Waals surface area contributed by atoms with Crippen LogP contribution in [0.25, 0.3) is 4.85 Å². The molecule has 0 unspecified atom stereocenters. The Morgan fingerprint density at radius 3 is 2.76 bits per heavy atom. The molecule has 0 aliphatic heterocycles. The average Bonchev–Trinajstić information content (AvgIpc) is 3.14. The molecule has 88 valence electrons. The molecule has 0 heterocycles. The molecule has 0 radical (unpaired) electrons. The maximum absolute atomic E-state index is 11.4. The third-order valence-corrected chi connectivity index (χ3v) is 2.41. The summed E-state index contributed by atoms with van der Waals surface area (Å²) in [7, 11) is 1.26. The lowest BCUT2D eigenvalue weighted by molar-refractivity contribution is 0.0600. The summed E-state index contributed by atoms with van der Waals surface area (Å²) >= 11 is 0. The highest BCUT2D eigenvalue weighted by molar-refractivity contribution is 5.92. The third-order valence-electron chi connectivity index (χ3n) is 2.41. The van der Waals surface area contributed by atoms with Crippen molar-refractivity contribution in [1.29, 1.82) is 0 Å². The highest BCUT2D eigenvalue weighted by Crippen LogP contribution is 2.40. The van der Waals surface area contributed by atoms with Gasteiger partial charge in [-0.3, -0.25) is 0 Å². The maximum Gasteiger partial charge on any atom is 0.336 e. The molecule has 1 saturated carbocycles. The van der Waals surface area contributed by atoms with Crippen molar-refractivity contribution < 1.29 is 19.4 Å². The smallest absolute Gasteiger partial charge is 0.336 e. The Bertz CT molecular complexity index is 500. The number of hydrogen-bond acceptors (Lipinski definition) is 4. The molecule has 1 N–H and O–H groups in total. The van der Waals surface area contributed by atoms with E-state index in [1.165, 1.54) is 19.2 Å². The molecule has 0 amide bonds. The number of ether oxygens (including phenoxy) is 2. The Morgan fingerprint density at radius 2 is 2.24 bits per heavy atom. The number of nitrogens with zero attached hydrogens (tertiary/aromatic N) is 1. The predicted octanol–water partition coefficient (Wildman–Crippen LogP) is 2.27. The van der Waals surface area contributed by atoms with Gasteiger partial charge in [-0.25, -0.2) is 9.64 Å². The van der Waals surface area contributed by atoms with Gasteiger partial charge in [-0.2, -0.15) is 0 Å². The van der Waals surface area contributed by atoms with Crippen LogP contribution in [0.1, 0.15) is 23.2 Å². The van der Waals surface area contributed by atoms with Gasteiger partial charge in [0.25, 0.3) is 0 Å². The van der Waals surface area contributed by atoms with Crippen LogP contribution in [0.2, 0.25) is 0 Å². The number of rotatable bonds is 3. The van der Waals surface area contributed by atoms with Crippen LogP contribution in [0.3, 0.4) is 0 Å². The van der Waals surface area contributed by atoms with E-state index in [4.69, 9.17) is 11.3 Å². The van der Waals surface area contributed by atoms with Crippen LogP contribution < -0.4 is 4.74 Å².